The zero-order valence-corrected chi connectivity index (χ0v) is 15.2. The van der Waals surface area contributed by atoms with Crippen LogP contribution in [0.1, 0.15) is 34.6 Å². The highest BCUT2D eigenvalue weighted by Crippen LogP contribution is 2.40. The van der Waals surface area contributed by atoms with E-state index in [0.717, 1.165) is 27.3 Å². The average molecular weight is 332 g/mol. The Balaban J connectivity index is 2.59. The molecule has 1 amide bonds. The topological polar surface area (TPSA) is 55.6 Å². The van der Waals surface area contributed by atoms with Crippen LogP contribution in [0.25, 0.3) is 11.1 Å². The molecular weight excluding hydrogens is 308 g/mol. The van der Waals surface area contributed by atoms with Gasteiger partial charge in [0, 0.05) is 23.5 Å². The van der Waals surface area contributed by atoms with Crippen LogP contribution in [0.5, 0.6) is 5.75 Å². The number of anilines is 1. The number of ether oxygens (including phenoxy) is 1. The molecule has 0 fully saturated rings. The maximum Gasteiger partial charge on any atom is 0.257 e. The summed E-state index contributed by atoms with van der Waals surface area (Å²) in [6.07, 6.45) is 0. The number of aryl methyl sites for hydroxylation is 2. The van der Waals surface area contributed by atoms with E-state index < -0.39 is 0 Å². The van der Waals surface area contributed by atoms with E-state index in [1.807, 2.05) is 45.9 Å². The molecule has 23 heavy (non-hydrogen) atoms. The lowest BCUT2D eigenvalue weighted by molar-refractivity contribution is 0.0775. The fraction of sp³-hybridized carbons (Fsp3) is 0.389. The number of amides is 1. The van der Waals surface area contributed by atoms with Gasteiger partial charge >= 0.3 is 0 Å². The van der Waals surface area contributed by atoms with E-state index in [1.54, 1.807) is 12.0 Å². The highest BCUT2D eigenvalue weighted by molar-refractivity contribution is 7.16. The lowest BCUT2D eigenvalue weighted by Gasteiger charge is -2.20. The Morgan fingerprint density at radius 1 is 1.26 bits per heavy atom. The van der Waals surface area contributed by atoms with Crippen LogP contribution in [0.15, 0.2) is 18.2 Å². The van der Waals surface area contributed by atoms with Gasteiger partial charge in [-0.2, -0.15) is 0 Å². The number of hydrogen-bond donors (Lipinski definition) is 1. The molecule has 0 radical (unpaired) electrons. The molecule has 0 saturated carbocycles. The van der Waals surface area contributed by atoms with Crippen LogP contribution in [0.2, 0.25) is 0 Å². The molecule has 1 heterocycles. The number of nitrogens with two attached hydrogens (primary N) is 1. The van der Waals surface area contributed by atoms with Crippen LogP contribution in [0, 0.1) is 13.8 Å². The Morgan fingerprint density at radius 3 is 2.43 bits per heavy atom. The lowest BCUT2D eigenvalue weighted by atomic mass is 9.98. The first kappa shape index (κ1) is 17.3. The highest BCUT2D eigenvalue weighted by atomic mass is 32.1. The van der Waals surface area contributed by atoms with E-state index in [4.69, 9.17) is 10.5 Å². The van der Waals surface area contributed by atoms with Crippen LogP contribution in [0.4, 0.5) is 5.00 Å². The second kappa shape index (κ2) is 7.04. The summed E-state index contributed by atoms with van der Waals surface area (Å²) in [6.45, 7) is 9.31. The van der Waals surface area contributed by atoms with Crippen molar-refractivity contribution in [3.05, 3.63) is 34.2 Å². The fourth-order valence-corrected chi connectivity index (χ4v) is 3.77. The van der Waals surface area contributed by atoms with Crippen molar-refractivity contribution in [2.75, 3.05) is 25.9 Å². The van der Waals surface area contributed by atoms with Crippen molar-refractivity contribution >= 4 is 22.2 Å². The first-order valence-corrected chi connectivity index (χ1v) is 8.59. The van der Waals surface area contributed by atoms with Gasteiger partial charge in [0.25, 0.3) is 5.91 Å². The Hall–Kier alpha value is -2.01. The molecule has 1 aromatic heterocycles. The average Bonchev–Trinajstić information content (AvgIpc) is 2.82. The van der Waals surface area contributed by atoms with E-state index in [9.17, 15) is 4.79 Å². The van der Waals surface area contributed by atoms with Crippen LogP contribution in [-0.2, 0) is 0 Å². The number of nitrogens with zero attached hydrogens (tertiary/aromatic N) is 1. The number of methoxy groups -OCH3 is 1. The van der Waals surface area contributed by atoms with Crippen LogP contribution in [0.3, 0.4) is 0 Å². The van der Waals surface area contributed by atoms with Gasteiger partial charge in [-0.1, -0.05) is 6.07 Å². The van der Waals surface area contributed by atoms with Crippen molar-refractivity contribution in [3.8, 4) is 16.9 Å². The summed E-state index contributed by atoms with van der Waals surface area (Å²) in [5.74, 6) is 0.839. The largest absolute Gasteiger partial charge is 0.496 e. The molecule has 0 saturated heterocycles. The summed E-state index contributed by atoms with van der Waals surface area (Å²) in [4.78, 5) is 15.7. The maximum atomic E-state index is 12.9. The first-order chi connectivity index (χ1) is 10.9. The van der Waals surface area contributed by atoms with E-state index in [2.05, 4.69) is 0 Å². The van der Waals surface area contributed by atoms with Gasteiger partial charge in [0.05, 0.1) is 17.7 Å². The van der Waals surface area contributed by atoms with E-state index in [1.165, 1.54) is 11.3 Å². The molecule has 2 N–H and O–H groups in total. The molecule has 2 aromatic rings. The van der Waals surface area contributed by atoms with Crippen molar-refractivity contribution in [2.24, 2.45) is 0 Å². The summed E-state index contributed by atoms with van der Waals surface area (Å²) in [5.41, 5.74) is 9.78. The van der Waals surface area contributed by atoms with Crippen molar-refractivity contribution in [1.82, 2.24) is 4.90 Å². The zero-order chi connectivity index (χ0) is 17.1. The minimum Gasteiger partial charge on any atom is -0.496 e. The molecule has 2 rings (SSSR count). The van der Waals surface area contributed by atoms with Crippen molar-refractivity contribution in [2.45, 2.75) is 27.7 Å². The molecule has 1 aromatic carbocycles. The molecule has 0 aliphatic rings. The highest BCUT2D eigenvalue weighted by Gasteiger charge is 2.24. The number of benzene rings is 1. The number of carbonyl (C=O) groups is 1. The number of hydrogen-bond acceptors (Lipinski definition) is 4. The van der Waals surface area contributed by atoms with E-state index >= 15 is 0 Å². The molecule has 0 atom stereocenters. The van der Waals surface area contributed by atoms with Gasteiger partial charge in [-0.25, -0.2) is 0 Å². The Bertz CT molecular complexity index is 718. The van der Waals surface area contributed by atoms with Gasteiger partial charge in [0.1, 0.15) is 5.75 Å². The monoisotopic (exact) mass is 332 g/mol. The quantitative estimate of drug-likeness (QED) is 0.896. The molecule has 0 aliphatic carbocycles. The number of carbonyl (C=O) groups excluding carboxylic acids is 1. The van der Waals surface area contributed by atoms with E-state index in [-0.39, 0.29) is 5.91 Å². The zero-order valence-electron chi connectivity index (χ0n) is 14.4. The maximum absolute atomic E-state index is 12.9. The second-order valence-corrected chi connectivity index (χ2v) is 6.69. The van der Waals surface area contributed by atoms with Gasteiger partial charge in [0.15, 0.2) is 0 Å². The van der Waals surface area contributed by atoms with Gasteiger partial charge in [-0.3, -0.25) is 4.79 Å². The summed E-state index contributed by atoms with van der Waals surface area (Å²) in [6, 6.07) is 5.97. The smallest absolute Gasteiger partial charge is 0.257 e. The molecular formula is C18H24N2O2S. The Morgan fingerprint density at radius 2 is 1.91 bits per heavy atom. The molecule has 124 valence electrons. The second-order valence-electron chi connectivity index (χ2n) is 5.43. The third kappa shape index (κ3) is 3.20. The van der Waals surface area contributed by atoms with Gasteiger partial charge in [-0.15, -0.1) is 11.3 Å². The molecule has 0 aliphatic heterocycles. The van der Waals surface area contributed by atoms with Crippen LogP contribution >= 0.6 is 11.3 Å². The first-order valence-electron chi connectivity index (χ1n) is 7.77. The minimum absolute atomic E-state index is 0.000297. The summed E-state index contributed by atoms with van der Waals surface area (Å²) in [7, 11) is 1.66. The SMILES string of the molecule is CCN(CC)C(=O)c1c(N)sc(C)c1-c1ccc(OC)c(C)c1. The molecule has 4 nitrogen and oxygen atoms in total. The summed E-state index contributed by atoms with van der Waals surface area (Å²) < 4.78 is 5.32. The Labute approximate surface area is 141 Å². The van der Waals surface area contributed by atoms with Crippen molar-refractivity contribution in [1.29, 1.82) is 0 Å². The predicted octanol–water partition coefficient (Wildman–Crippen LogP) is 4.10. The lowest BCUT2D eigenvalue weighted by Crippen LogP contribution is -2.31. The van der Waals surface area contributed by atoms with Gasteiger partial charge < -0.3 is 15.4 Å². The fourth-order valence-electron chi connectivity index (χ4n) is 2.83. The van der Waals surface area contributed by atoms with E-state index in [0.29, 0.717) is 23.7 Å². The number of nitrogen functional groups attached to an aromatic ring is 1. The van der Waals surface area contributed by atoms with Gasteiger partial charge in [0.2, 0.25) is 0 Å². The molecule has 0 unspecified atom stereocenters. The summed E-state index contributed by atoms with van der Waals surface area (Å²) in [5, 5.41) is 0.586. The molecule has 0 spiro atoms. The predicted molar refractivity (Wildman–Crippen MR) is 97.4 cm³/mol. The van der Waals surface area contributed by atoms with Crippen molar-refractivity contribution < 1.29 is 9.53 Å². The third-order valence-electron chi connectivity index (χ3n) is 4.06. The molecule has 0 bridgehead atoms. The van der Waals surface area contributed by atoms with Gasteiger partial charge in [-0.05, 0) is 51.0 Å². The Kier molecular flexibility index (Phi) is 5.31. The normalized spacial score (nSPS) is 10.7. The summed E-state index contributed by atoms with van der Waals surface area (Å²) >= 11 is 1.47. The number of rotatable bonds is 5. The standard InChI is InChI=1S/C18H24N2O2S/c1-6-20(7-2)18(21)16-15(12(4)23-17(16)19)13-8-9-14(22-5)11(3)10-13/h8-10H,6-7,19H2,1-5H3. The van der Waals surface area contributed by atoms with Crippen LogP contribution < -0.4 is 10.5 Å². The number of thiophene rings is 1. The van der Waals surface area contributed by atoms with Crippen LogP contribution in [-0.4, -0.2) is 31.0 Å². The molecule has 5 heteroatoms. The van der Waals surface area contributed by atoms with Crippen molar-refractivity contribution in [3.63, 3.8) is 0 Å². The minimum atomic E-state index is 0.000297. The third-order valence-corrected chi connectivity index (χ3v) is 4.99.